The van der Waals surface area contributed by atoms with Crippen LogP contribution in [0.4, 0.5) is 0 Å². The van der Waals surface area contributed by atoms with Crippen molar-refractivity contribution in [2.24, 2.45) is 0 Å². The minimum atomic E-state index is 0.0434. The van der Waals surface area contributed by atoms with Crippen molar-refractivity contribution in [1.29, 1.82) is 0 Å². The zero-order valence-corrected chi connectivity index (χ0v) is 10.1. The third kappa shape index (κ3) is 1.97. The Morgan fingerprint density at radius 3 is 3.00 bits per heavy atom. The van der Waals surface area contributed by atoms with Gasteiger partial charge in [0.05, 0.1) is 6.26 Å². The van der Waals surface area contributed by atoms with E-state index in [-0.39, 0.29) is 5.91 Å². The summed E-state index contributed by atoms with van der Waals surface area (Å²) in [5, 5.41) is 3.57. The first kappa shape index (κ1) is 10.8. The SMILES string of the molecule is Cc1ccoc1C(=O)N1CC[C@H]2CC[C@@H](C1)N2. The molecule has 4 nitrogen and oxygen atoms in total. The second kappa shape index (κ2) is 4.18. The Morgan fingerprint density at radius 1 is 1.41 bits per heavy atom. The zero-order valence-electron chi connectivity index (χ0n) is 10.1. The molecule has 3 rings (SSSR count). The zero-order chi connectivity index (χ0) is 11.8. The number of furan rings is 1. The van der Waals surface area contributed by atoms with Crippen LogP contribution >= 0.6 is 0 Å². The molecule has 0 aliphatic carbocycles. The number of hydrogen-bond donors (Lipinski definition) is 1. The molecule has 17 heavy (non-hydrogen) atoms. The van der Waals surface area contributed by atoms with E-state index >= 15 is 0 Å². The molecule has 2 fully saturated rings. The first-order valence-corrected chi connectivity index (χ1v) is 6.33. The van der Waals surface area contributed by atoms with E-state index in [0.29, 0.717) is 17.8 Å². The molecule has 92 valence electrons. The highest BCUT2D eigenvalue weighted by molar-refractivity contribution is 5.92. The fourth-order valence-electron chi connectivity index (χ4n) is 2.86. The van der Waals surface area contributed by atoms with E-state index in [4.69, 9.17) is 4.42 Å². The van der Waals surface area contributed by atoms with Gasteiger partial charge in [0.15, 0.2) is 5.76 Å². The van der Waals surface area contributed by atoms with Gasteiger partial charge in [0.1, 0.15) is 0 Å². The van der Waals surface area contributed by atoms with E-state index in [0.717, 1.165) is 25.1 Å². The molecule has 2 bridgehead atoms. The molecular weight excluding hydrogens is 216 g/mol. The molecular formula is C13H18N2O2. The van der Waals surface area contributed by atoms with Gasteiger partial charge >= 0.3 is 0 Å². The van der Waals surface area contributed by atoms with E-state index in [1.165, 1.54) is 12.8 Å². The molecule has 2 saturated heterocycles. The highest BCUT2D eigenvalue weighted by Crippen LogP contribution is 2.22. The first-order chi connectivity index (χ1) is 8.24. The predicted molar refractivity (Wildman–Crippen MR) is 63.9 cm³/mol. The van der Waals surface area contributed by atoms with Crippen LogP contribution in [0.25, 0.3) is 0 Å². The van der Waals surface area contributed by atoms with E-state index in [2.05, 4.69) is 5.32 Å². The Kier molecular flexibility index (Phi) is 2.67. The average Bonchev–Trinajstić information content (AvgIpc) is 2.84. The van der Waals surface area contributed by atoms with Crippen LogP contribution in [0.15, 0.2) is 16.7 Å². The fourth-order valence-corrected chi connectivity index (χ4v) is 2.86. The lowest BCUT2D eigenvalue weighted by molar-refractivity contribution is 0.0715. The third-order valence-electron chi connectivity index (χ3n) is 3.87. The summed E-state index contributed by atoms with van der Waals surface area (Å²) >= 11 is 0. The van der Waals surface area contributed by atoms with Crippen LogP contribution in [0.3, 0.4) is 0 Å². The van der Waals surface area contributed by atoms with Crippen molar-refractivity contribution in [3.8, 4) is 0 Å². The van der Waals surface area contributed by atoms with Crippen LogP contribution in [0.2, 0.25) is 0 Å². The first-order valence-electron chi connectivity index (χ1n) is 6.33. The molecule has 2 aliphatic heterocycles. The topological polar surface area (TPSA) is 45.5 Å². The molecule has 1 N–H and O–H groups in total. The molecule has 0 aromatic carbocycles. The van der Waals surface area contributed by atoms with Gasteiger partial charge < -0.3 is 14.6 Å². The summed E-state index contributed by atoms with van der Waals surface area (Å²) < 4.78 is 5.29. The number of aryl methyl sites for hydroxylation is 1. The largest absolute Gasteiger partial charge is 0.459 e. The van der Waals surface area contributed by atoms with Crippen LogP contribution < -0.4 is 5.32 Å². The molecule has 3 heterocycles. The Morgan fingerprint density at radius 2 is 2.24 bits per heavy atom. The summed E-state index contributed by atoms with van der Waals surface area (Å²) in [6, 6.07) is 2.92. The quantitative estimate of drug-likeness (QED) is 0.802. The summed E-state index contributed by atoms with van der Waals surface area (Å²) in [6.45, 7) is 3.57. The van der Waals surface area contributed by atoms with Crippen LogP contribution in [0.1, 0.15) is 35.4 Å². The minimum Gasteiger partial charge on any atom is -0.459 e. The monoisotopic (exact) mass is 234 g/mol. The van der Waals surface area contributed by atoms with Gasteiger partial charge in [-0.05, 0) is 32.3 Å². The van der Waals surface area contributed by atoms with Gasteiger partial charge in [-0.25, -0.2) is 0 Å². The van der Waals surface area contributed by atoms with Gasteiger partial charge in [0.25, 0.3) is 5.91 Å². The maximum absolute atomic E-state index is 12.3. The number of rotatable bonds is 1. The molecule has 0 spiro atoms. The number of likely N-dealkylation sites (tertiary alicyclic amines) is 1. The Labute approximate surface area is 101 Å². The maximum atomic E-state index is 12.3. The predicted octanol–water partition coefficient (Wildman–Crippen LogP) is 1.55. The number of carbonyl (C=O) groups is 1. The Hall–Kier alpha value is -1.29. The van der Waals surface area contributed by atoms with Crippen LogP contribution in [-0.2, 0) is 0 Å². The highest BCUT2D eigenvalue weighted by Gasteiger charge is 2.32. The summed E-state index contributed by atoms with van der Waals surface area (Å²) in [6.07, 6.45) is 5.09. The molecule has 0 unspecified atom stereocenters. The highest BCUT2D eigenvalue weighted by atomic mass is 16.3. The van der Waals surface area contributed by atoms with E-state index < -0.39 is 0 Å². The number of nitrogens with zero attached hydrogens (tertiary/aromatic N) is 1. The van der Waals surface area contributed by atoms with Crippen molar-refractivity contribution in [2.45, 2.75) is 38.3 Å². The molecule has 2 atom stereocenters. The van der Waals surface area contributed by atoms with Gasteiger partial charge in [-0.2, -0.15) is 0 Å². The van der Waals surface area contributed by atoms with E-state index in [9.17, 15) is 4.79 Å². The third-order valence-corrected chi connectivity index (χ3v) is 3.87. The normalized spacial score (nSPS) is 28.2. The second-order valence-corrected chi connectivity index (χ2v) is 5.11. The standard InChI is InChI=1S/C13H18N2O2/c1-9-5-7-17-12(9)13(16)15-6-4-10-2-3-11(8-15)14-10/h5,7,10-11,14H,2-4,6,8H2,1H3/t10-,11+/m1/s1. The number of hydrogen-bond acceptors (Lipinski definition) is 3. The van der Waals surface area contributed by atoms with Crippen LogP contribution in [-0.4, -0.2) is 36.0 Å². The lowest BCUT2D eigenvalue weighted by Crippen LogP contribution is -2.39. The van der Waals surface area contributed by atoms with E-state index in [1.54, 1.807) is 6.26 Å². The Balaban J connectivity index is 1.76. The van der Waals surface area contributed by atoms with Crippen LogP contribution in [0, 0.1) is 6.92 Å². The summed E-state index contributed by atoms with van der Waals surface area (Å²) in [5.41, 5.74) is 0.928. The molecule has 2 aliphatic rings. The number of fused-ring (bicyclic) bond motifs is 2. The lowest BCUT2D eigenvalue weighted by atomic mass is 10.1. The number of amides is 1. The van der Waals surface area contributed by atoms with Crippen molar-refractivity contribution in [1.82, 2.24) is 10.2 Å². The van der Waals surface area contributed by atoms with Crippen molar-refractivity contribution in [3.05, 3.63) is 23.7 Å². The molecule has 4 heteroatoms. The van der Waals surface area contributed by atoms with Gasteiger partial charge in [0.2, 0.25) is 0 Å². The van der Waals surface area contributed by atoms with Crippen molar-refractivity contribution in [3.63, 3.8) is 0 Å². The fraction of sp³-hybridized carbons (Fsp3) is 0.615. The van der Waals surface area contributed by atoms with Gasteiger partial charge in [0, 0.05) is 30.7 Å². The van der Waals surface area contributed by atoms with Gasteiger partial charge in [-0.1, -0.05) is 0 Å². The Bertz CT molecular complexity index is 427. The number of carbonyl (C=O) groups excluding carboxylic acids is 1. The summed E-state index contributed by atoms with van der Waals surface area (Å²) in [7, 11) is 0. The molecule has 1 aromatic heterocycles. The van der Waals surface area contributed by atoms with Crippen molar-refractivity contribution in [2.75, 3.05) is 13.1 Å². The van der Waals surface area contributed by atoms with Crippen molar-refractivity contribution < 1.29 is 9.21 Å². The summed E-state index contributed by atoms with van der Waals surface area (Å²) in [4.78, 5) is 14.2. The van der Waals surface area contributed by atoms with Gasteiger partial charge in [-0.3, -0.25) is 4.79 Å². The lowest BCUT2D eigenvalue weighted by Gasteiger charge is -2.23. The van der Waals surface area contributed by atoms with Crippen molar-refractivity contribution >= 4 is 5.91 Å². The summed E-state index contributed by atoms with van der Waals surface area (Å²) in [5.74, 6) is 0.546. The maximum Gasteiger partial charge on any atom is 0.289 e. The smallest absolute Gasteiger partial charge is 0.289 e. The molecule has 1 amide bonds. The van der Waals surface area contributed by atoms with Crippen LogP contribution in [0.5, 0.6) is 0 Å². The number of nitrogens with one attached hydrogen (secondary N) is 1. The molecule has 0 radical (unpaired) electrons. The van der Waals surface area contributed by atoms with E-state index in [1.807, 2.05) is 17.9 Å². The van der Waals surface area contributed by atoms with Gasteiger partial charge in [-0.15, -0.1) is 0 Å². The minimum absolute atomic E-state index is 0.0434. The average molecular weight is 234 g/mol. The second-order valence-electron chi connectivity index (χ2n) is 5.11. The molecule has 0 saturated carbocycles. The molecule has 1 aromatic rings.